The van der Waals surface area contributed by atoms with Crippen molar-refractivity contribution in [3.05, 3.63) is 17.8 Å². The number of nitrogens with zero attached hydrogens (tertiary/aromatic N) is 2. The van der Waals surface area contributed by atoms with Crippen LogP contribution in [0.5, 0.6) is 0 Å². The molecule has 3 N–H and O–H groups in total. The Morgan fingerprint density at radius 1 is 1.39 bits per heavy atom. The molecule has 1 amide bonds. The fourth-order valence-electron chi connectivity index (χ4n) is 1.18. The van der Waals surface area contributed by atoms with Crippen molar-refractivity contribution in [2.24, 2.45) is 5.41 Å². The third-order valence-corrected chi connectivity index (χ3v) is 2.41. The molecule has 0 atom stereocenters. The van der Waals surface area contributed by atoms with Crippen molar-refractivity contribution in [1.82, 2.24) is 15.5 Å². The zero-order valence-corrected chi connectivity index (χ0v) is 11.0. The summed E-state index contributed by atoms with van der Waals surface area (Å²) < 4.78 is 0. The van der Waals surface area contributed by atoms with E-state index in [1.54, 1.807) is 12.1 Å². The number of anilines is 1. The highest BCUT2D eigenvalue weighted by molar-refractivity contribution is 5.92. The van der Waals surface area contributed by atoms with Gasteiger partial charge in [0.15, 0.2) is 5.69 Å². The zero-order valence-electron chi connectivity index (χ0n) is 11.0. The predicted molar refractivity (Wildman–Crippen MR) is 69.4 cm³/mol. The molecule has 0 spiro atoms. The van der Waals surface area contributed by atoms with E-state index >= 15 is 0 Å². The normalized spacial score (nSPS) is 11.1. The summed E-state index contributed by atoms with van der Waals surface area (Å²) in [6.07, 6.45) is 0. The van der Waals surface area contributed by atoms with Crippen LogP contribution in [0.2, 0.25) is 0 Å². The molecule has 0 bridgehead atoms. The zero-order chi connectivity index (χ0) is 13.6. The van der Waals surface area contributed by atoms with Gasteiger partial charge in [-0.25, -0.2) is 0 Å². The summed E-state index contributed by atoms with van der Waals surface area (Å²) in [6, 6.07) is 3.32. The molecule has 1 aromatic rings. The van der Waals surface area contributed by atoms with Crippen LogP contribution in [0.15, 0.2) is 12.1 Å². The third-order valence-electron chi connectivity index (χ3n) is 2.41. The van der Waals surface area contributed by atoms with Gasteiger partial charge in [-0.05, 0) is 19.1 Å². The lowest BCUT2D eigenvalue weighted by Crippen LogP contribution is -2.27. The van der Waals surface area contributed by atoms with E-state index in [1.807, 2.05) is 20.8 Å². The number of aliphatic hydroxyl groups excluding tert-OH is 1. The molecule has 0 fully saturated rings. The number of amides is 1. The van der Waals surface area contributed by atoms with Gasteiger partial charge in [-0.3, -0.25) is 4.79 Å². The van der Waals surface area contributed by atoms with Crippen molar-refractivity contribution in [3.8, 4) is 0 Å². The molecule has 1 rings (SSSR count). The molecule has 0 aliphatic heterocycles. The molecule has 0 radical (unpaired) electrons. The maximum absolute atomic E-state index is 11.5. The van der Waals surface area contributed by atoms with Crippen LogP contribution in [0.1, 0.15) is 31.3 Å². The number of hydrogen-bond donors (Lipinski definition) is 3. The largest absolute Gasteiger partial charge is 0.396 e. The minimum absolute atomic E-state index is 0.0877. The Bertz CT molecular complexity index is 390. The van der Waals surface area contributed by atoms with Crippen LogP contribution in [0.3, 0.4) is 0 Å². The minimum atomic E-state index is -0.229. The minimum Gasteiger partial charge on any atom is -0.396 e. The Kier molecular flexibility index (Phi) is 5.03. The summed E-state index contributed by atoms with van der Waals surface area (Å²) in [7, 11) is 0. The molecular formula is C12H20N4O2. The molecule has 0 saturated heterocycles. The Hall–Kier alpha value is -1.69. The van der Waals surface area contributed by atoms with E-state index in [1.165, 1.54) is 0 Å². The summed E-state index contributed by atoms with van der Waals surface area (Å²) in [4.78, 5) is 11.5. The fraction of sp³-hybridized carbons (Fsp3) is 0.583. The van der Waals surface area contributed by atoms with Crippen molar-refractivity contribution in [2.75, 3.05) is 25.0 Å². The van der Waals surface area contributed by atoms with Crippen LogP contribution >= 0.6 is 0 Å². The van der Waals surface area contributed by atoms with E-state index in [2.05, 4.69) is 20.8 Å². The maximum atomic E-state index is 11.5. The standard InChI is InChI=1S/C12H20N4O2/c1-4-13-11(18)9-5-6-10(16-15-9)14-7-12(2,3)8-17/h5-6,17H,4,7-8H2,1-3H3,(H,13,18)(H,14,16). The number of aromatic nitrogens is 2. The molecule has 0 aliphatic rings. The molecule has 0 aromatic carbocycles. The predicted octanol–water partition coefficient (Wildman–Crippen LogP) is 0.657. The first kappa shape index (κ1) is 14.4. The van der Waals surface area contributed by atoms with Gasteiger partial charge in [-0.15, -0.1) is 10.2 Å². The van der Waals surface area contributed by atoms with Gasteiger partial charge in [0.25, 0.3) is 5.91 Å². The SMILES string of the molecule is CCNC(=O)c1ccc(NCC(C)(C)CO)nn1. The highest BCUT2D eigenvalue weighted by Gasteiger charge is 2.16. The third kappa shape index (κ3) is 4.29. The van der Waals surface area contributed by atoms with Gasteiger partial charge in [-0.2, -0.15) is 0 Å². The second-order valence-electron chi connectivity index (χ2n) is 4.84. The number of aliphatic hydroxyl groups is 1. The van der Waals surface area contributed by atoms with E-state index in [4.69, 9.17) is 5.11 Å². The highest BCUT2D eigenvalue weighted by Crippen LogP contribution is 2.14. The van der Waals surface area contributed by atoms with Crippen molar-refractivity contribution in [3.63, 3.8) is 0 Å². The molecule has 0 saturated carbocycles. The smallest absolute Gasteiger partial charge is 0.271 e. The lowest BCUT2D eigenvalue weighted by molar-refractivity contribution is 0.0950. The van der Waals surface area contributed by atoms with Gasteiger partial charge in [0.2, 0.25) is 0 Å². The first-order chi connectivity index (χ1) is 8.48. The molecule has 0 aliphatic carbocycles. The van der Waals surface area contributed by atoms with E-state index in [0.29, 0.717) is 24.6 Å². The van der Waals surface area contributed by atoms with E-state index in [0.717, 1.165) is 0 Å². The number of carbonyl (C=O) groups excluding carboxylic acids is 1. The van der Waals surface area contributed by atoms with Crippen molar-refractivity contribution >= 4 is 11.7 Å². The average Bonchev–Trinajstić information content (AvgIpc) is 2.37. The highest BCUT2D eigenvalue weighted by atomic mass is 16.3. The monoisotopic (exact) mass is 252 g/mol. The molecule has 6 nitrogen and oxygen atoms in total. The van der Waals surface area contributed by atoms with Gasteiger partial charge in [0.1, 0.15) is 5.82 Å². The van der Waals surface area contributed by atoms with Crippen LogP contribution in [0.25, 0.3) is 0 Å². The average molecular weight is 252 g/mol. The number of nitrogens with one attached hydrogen (secondary N) is 2. The second kappa shape index (κ2) is 6.30. The maximum Gasteiger partial charge on any atom is 0.271 e. The molecule has 6 heteroatoms. The lowest BCUT2D eigenvalue weighted by atomic mass is 9.95. The van der Waals surface area contributed by atoms with Crippen LogP contribution in [0, 0.1) is 5.41 Å². The summed E-state index contributed by atoms with van der Waals surface area (Å²) in [5.41, 5.74) is 0.0729. The summed E-state index contributed by atoms with van der Waals surface area (Å²) >= 11 is 0. The Labute approximate surface area is 107 Å². The van der Waals surface area contributed by atoms with Gasteiger partial charge in [-0.1, -0.05) is 13.8 Å². The van der Waals surface area contributed by atoms with Crippen LogP contribution < -0.4 is 10.6 Å². The number of rotatable bonds is 6. The van der Waals surface area contributed by atoms with Crippen LogP contribution in [-0.2, 0) is 0 Å². The molecule has 1 heterocycles. The Morgan fingerprint density at radius 2 is 2.11 bits per heavy atom. The number of carbonyl (C=O) groups is 1. The van der Waals surface area contributed by atoms with Crippen molar-refractivity contribution in [2.45, 2.75) is 20.8 Å². The van der Waals surface area contributed by atoms with Gasteiger partial charge in [0.05, 0.1) is 0 Å². The quantitative estimate of drug-likeness (QED) is 0.692. The van der Waals surface area contributed by atoms with Crippen molar-refractivity contribution < 1.29 is 9.90 Å². The topological polar surface area (TPSA) is 87.1 Å². The fourth-order valence-corrected chi connectivity index (χ4v) is 1.18. The van der Waals surface area contributed by atoms with Gasteiger partial charge >= 0.3 is 0 Å². The lowest BCUT2D eigenvalue weighted by Gasteiger charge is -2.21. The molecule has 0 unspecified atom stereocenters. The molecule has 18 heavy (non-hydrogen) atoms. The van der Waals surface area contributed by atoms with Crippen LogP contribution in [-0.4, -0.2) is 40.9 Å². The molecular weight excluding hydrogens is 232 g/mol. The Balaban J connectivity index is 2.58. The summed E-state index contributed by atoms with van der Waals surface area (Å²) in [5.74, 6) is 0.358. The summed E-state index contributed by atoms with van der Waals surface area (Å²) in [6.45, 7) is 6.96. The summed E-state index contributed by atoms with van der Waals surface area (Å²) in [5, 5.41) is 22.6. The molecule has 100 valence electrons. The van der Waals surface area contributed by atoms with Gasteiger partial charge in [0, 0.05) is 25.1 Å². The Morgan fingerprint density at radius 3 is 2.61 bits per heavy atom. The number of hydrogen-bond acceptors (Lipinski definition) is 5. The van der Waals surface area contributed by atoms with E-state index in [9.17, 15) is 4.79 Å². The second-order valence-corrected chi connectivity index (χ2v) is 4.84. The van der Waals surface area contributed by atoms with E-state index in [-0.39, 0.29) is 17.9 Å². The van der Waals surface area contributed by atoms with Crippen molar-refractivity contribution in [1.29, 1.82) is 0 Å². The van der Waals surface area contributed by atoms with Crippen LogP contribution in [0.4, 0.5) is 5.82 Å². The molecule has 1 aromatic heterocycles. The van der Waals surface area contributed by atoms with E-state index < -0.39 is 0 Å². The van der Waals surface area contributed by atoms with Gasteiger partial charge < -0.3 is 15.7 Å². The first-order valence-electron chi connectivity index (χ1n) is 5.95. The first-order valence-corrected chi connectivity index (χ1v) is 5.95.